The molecule has 2 aromatic rings. The maximum absolute atomic E-state index is 12.1. The number of amides is 2. The van der Waals surface area contributed by atoms with Crippen molar-refractivity contribution in [2.24, 2.45) is 0 Å². The van der Waals surface area contributed by atoms with Crippen LogP contribution in [0.4, 0.5) is 0 Å². The minimum Gasteiger partial charge on any atom is -0.496 e. The van der Waals surface area contributed by atoms with Crippen LogP contribution >= 0.6 is 11.6 Å². The second-order valence-electron chi connectivity index (χ2n) is 5.46. The number of rotatable bonds is 8. The fraction of sp³-hybridized carbons (Fsp3) is 0.263. The topological polar surface area (TPSA) is 76.7 Å². The molecule has 0 spiro atoms. The van der Waals surface area contributed by atoms with Gasteiger partial charge in [0.25, 0.3) is 11.8 Å². The number of carbonyl (C=O) groups excluding carboxylic acids is 2. The van der Waals surface area contributed by atoms with Crippen molar-refractivity contribution in [2.45, 2.75) is 13.0 Å². The number of methoxy groups -OCH3 is 1. The molecule has 0 aliphatic carbocycles. The van der Waals surface area contributed by atoms with E-state index in [1.165, 1.54) is 7.11 Å². The first-order chi connectivity index (χ1) is 12.5. The molecule has 0 fully saturated rings. The maximum Gasteiger partial charge on any atom is 0.260 e. The van der Waals surface area contributed by atoms with E-state index in [-0.39, 0.29) is 24.9 Å². The average Bonchev–Trinajstić information content (AvgIpc) is 2.66. The van der Waals surface area contributed by atoms with E-state index in [4.69, 9.17) is 21.1 Å². The van der Waals surface area contributed by atoms with Crippen LogP contribution in [0.5, 0.6) is 11.5 Å². The largest absolute Gasteiger partial charge is 0.496 e. The van der Waals surface area contributed by atoms with Gasteiger partial charge >= 0.3 is 0 Å². The Labute approximate surface area is 157 Å². The fourth-order valence-electron chi connectivity index (χ4n) is 2.20. The molecule has 6 nitrogen and oxygen atoms in total. The zero-order valence-electron chi connectivity index (χ0n) is 14.6. The minimum absolute atomic E-state index is 0.262. The SMILES string of the molecule is COc1ccccc1C(=O)NCCNC(=O)C(C)Oc1ccc(Cl)cc1. The first-order valence-electron chi connectivity index (χ1n) is 8.12. The highest BCUT2D eigenvalue weighted by Gasteiger charge is 2.15. The van der Waals surface area contributed by atoms with Crippen LogP contribution in [0.15, 0.2) is 48.5 Å². The number of para-hydroxylation sites is 1. The molecule has 1 atom stereocenters. The van der Waals surface area contributed by atoms with E-state index in [9.17, 15) is 9.59 Å². The summed E-state index contributed by atoms with van der Waals surface area (Å²) in [6.45, 7) is 2.22. The lowest BCUT2D eigenvalue weighted by atomic mass is 10.2. The fourth-order valence-corrected chi connectivity index (χ4v) is 2.33. The third-order valence-electron chi connectivity index (χ3n) is 3.56. The van der Waals surface area contributed by atoms with E-state index in [0.717, 1.165) is 0 Å². The highest BCUT2D eigenvalue weighted by molar-refractivity contribution is 6.30. The van der Waals surface area contributed by atoms with E-state index in [1.54, 1.807) is 55.5 Å². The average molecular weight is 377 g/mol. The summed E-state index contributed by atoms with van der Waals surface area (Å²) >= 11 is 5.81. The van der Waals surface area contributed by atoms with Gasteiger partial charge < -0.3 is 20.1 Å². The number of halogens is 1. The monoisotopic (exact) mass is 376 g/mol. The van der Waals surface area contributed by atoms with Crippen LogP contribution in [0.3, 0.4) is 0 Å². The second-order valence-corrected chi connectivity index (χ2v) is 5.90. The number of benzene rings is 2. The lowest BCUT2D eigenvalue weighted by Gasteiger charge is -2.15. The van der Waals surface area contributed by atoms with Crippen molar-refractivity contribution in [3.05, 3.63) is 59.1 Å². The van der Waals surface area contributed by atoms with Gasteiger partial charge in [0.05, 0.1) is 12.7 Å². The molecule has 0 radical (unpaired) electrons. The van der Waals surface area contributed by atoms with E-state index in [0.29, 0.717) is 22.1 Å². The Morgan fingerprint density at radius 1 is 1.04 bits per heavy atom. The van der Waals surface area contributed by atoms with Crippen molar-refractivity contribution in [3.8, 4) is 11.5 Å². The van der Waals surface area contributed by atoms with E-state index in [2.05, 4.69) is 10.6 Å². The Hall–Kier alpha value is -2.73. The van der Waals surface area contributed by atoms with Gasteiger partial charge in [-0.05, 0) is 43.3 Å². The van der Waals surface area contributed by atoms with Crippen LogP contribution in [0.25, 0.3) is 0 Å². The minimum atomic E-state index is -0.666. The number of ether oxygens (including phenoxy) is 2. The zero-order chi connectivity index (χ0) is 18.9. The van der Waals surface area contributed by atoms with Gasteiger partial charge in [-0.3, -0.25) is 9.59 Å². The molecule has 26 heavy (non-hydrogen) atoms. The van der Waals surface area contributed by atoms with Crippen molar-refractivity contribution in [3.63, 3.8) is 0 Å². The molecule has 2 rings (SSSR count). The van der Waals surface area contributed by atoms with E-state index < -0.39 is 6.10 Å². The first kappa shape index (κ1) is 19.6. The predicted molar refractivity (Wildman–Crippen MR) is 99.9 cm³/mol. The van der Waals surface area contributed by atoms with Crippen molar-refractivity contribution in [2.75, 3.05) is 20.2 Å². The molecule has 0 saturated heterocycles. The summed E-state index contributed by atoms with van der Waals surface area (Å²) in [5.74, 6) is 0.522. The number of nitrogens with one attached hydrogen (secondary N) is 2. The molecular formula is C19H21ClN2O4. The number of hydrogen-bond acceptors (Lipinski definition) is 4. The predicted octanol–water partition coefficient (Wildman–Crippen LogP) is 2.66. The van der Waals surface area contributed by atoms with Crippen LogP contribution in [0.1, 0.15) is 17.3 Å². The highest BCUT2D eigenvalue weighted by atomic mass is 35.5. The summed E-state index contributed by atoms with van der Waals surface area (Å²) in [5, 5.41) is 6.05. The lowest BCUT2D eigenvalue weighted by Crippen LogP contribution is -2.40. The first-order valence-corrected chi connectivity index (χ1v) is 8.50. The van der Waals surface area contributed by atoms with Crippen LogP contribution in [-0.2, 0) is 4.79 Å². The van der Waals surface area contributed by atoms with Gasteiger partial charge in [0, 0.05) is 18.1 Å². The van der Waals surface area contributed by atoms with Gasteiger partial charge in [-0.1, -0.05) is 23.7 Å². The normalized spacial score (nSPS) is 11.3. The Morgan fingerprint density at radius 3 is 2.38 bits per heavy atom. The molecule has 138 valence electrons. The summed E-state index contributed by atoms with van der Waals surface area (Å²) < 4.78 is 10.7. The third-order valence-corrected chi connectivity index (χ3v) is 3.81. The second kappa shape index (κ2) is 9.68. The molecule has 2 amide bonds. The highest BCUT2D eigenvalue weighted by Crippen LogP contribution is 2.17. The lowest BCUT2D eigenvalue weighted by molar-refractivity contribution is -0.127. The van der Waals surface area contributed by atoms with Crippen LogP contribution in [0, 0.1) is 0 Å². The summed E-state index contributed by atoms with van der Waals surface area (Å²) in [5.41, 5.74) is 0.445. The van der Waals surface area contributed by atoms with Crippen LogP contribution < -0.4 is 20.1 Å². The van der Waals surface area contributed by atoms with Crippen molar-refractivity contribution >= 4 is 23.4 Å². The summed E-state index contributed by atoms with van der Waals surface area (Å²) in [7, 11) is 1.51. The quantitative estimate of drug-likeness (QED) is 0.694. The molecule has 2 aromatic carbocycles. The molecule has 0 bridgehead atoms. The van der Waals surface area contributed by atoms with Crippen molar-refractivity contribution in [1.29, 1.82) is 0 Å². The maximum atomic E-state index is 12.1. The van der Waals surface area contributed by atoms with Crippen LogP contribution in [0.2, 0.25) is 5.02 Å². The van der Waals surface area contributed by atoms with Gasteiger partial charge in [0.15, 0.2) is 6.10 Å². The number of carbonyl (C=O) groups is 2. The molecule has 0 aliphatic heterocycles. The van der Waals surface area contributed by atoms with Gasteiger partial charge in [-0.15, -0.1) is 0 Å². The Morgan fingerprint density at radius 2 is 1.69 bits per heavy atom. The van der Waals surface area contributed by atoms with Gasteiger partial charge in [0.2, 0.25) is 0 Å². The Bertz CT molecular complexity index is 749. The zero-order valence-corrected chi connectivity index (χ0v) is 15.4. The standard InChI is InChI=1S/C19H21ClN2O4/c1-13(26-15-9-7-14(20)8-10-15)18(23)21-11-12-22-19(24)16-5-3-4-6-17(16)25-2/h3-10,13H,11-12H2,1-2H3,(H,21,23)(H,22,24). The van der Waals surface area contributed by atoms with Crippen LogP contribution in [-0.4, -0.2) is 38.1 Å². The number of hydrogen-bond donors (Lipinski definition) is 2. The van der Waals surface area contributed by atoms with Gasteiger partial charge in [0.1, 0.15) is 11.5 Å². The molecule has 0 aromatic heterocycles. The third kappa shape index (κ3) is 5.67. The summed E-state index contributed by atoms with van der Waals surface area (Å²) in [4.78, 5) is 24.2. The molecule has 0 heterocycles. The Balaban J connectivity index is 1.74. The van der Waals surface area contributed by atoms with Gasteiger partial charge in [-0.25, -0.2) is 0 Å². The summed E-state index contributed by atoms with van der Waals surface area (Å²) in [6.07, 6.45) is -0.666. The van der Waals surface area contributed by atoms with E-state index >= 15 is 0 Å². The van der Waals surface area contributed by atoms with Crippen molar-refractivity contribution in [1.82, 2.24) is 10.6 Å². The molecule has 1 unspecified atom stereocenters. The molecule has 0 aliphatic rings. The smallest absolute Gasteiger partial charge is 0.260 e. The molecule has 2 N–H and O–H groups in total. The van der Waals surface area contributed by atoms with Gasteiger partial charge in [-0.2, -0.15) is 0 Å². The molecular weight excluding hydrogens is 356 g/mol. The van der Waals surface area contributed by atoms with Crippen molar-refractivity contribution < 1.29 is 19.1 Å². The summed E-state index contributed by atoms with van der Waals surface area (Å²) in [6, 6.07) is 13.7. The molecule has 0 saturated carbocycles. The van der Waals surface area contributed by atoms with E-state index in [1.807, 2.05) is 0 Å². The Kier molecular flexibility index (Phi) is 7.29. The molecule has 7 heteroatoms.